The average Bonchev–Trinajstić information content (AvgIpc) is 3.21. The lowest BCUT2D eigenvalue weighted by molar-refractivity contribution is -0.170. The van der Waals surface area contributed by atoms with Crippen LogP contribution in [0.15, 0.2) is 24.3 Å². The number of ether oxygens (including phenoxy) is 2. The first-order valence-corrected chi connectivity index (χ1v) is 13.6. The number of thiazole rings is 1. The Labute approximate surface area is 212 Å². The zero-order chi connectivity index (χ0) is 24.8. The molecule has 2 aromatic rings. The van der Waals surface area contributed by atoms with E-state index in [1.165, 1.54) is 16.9 Å². The molecule has 4 rings (SSSR count). The molecule has 1 unspecified atom stereocenters. The Morgan fingerprint density at radius 2 is 2.00 bits per heavy atom. The van der Waals surface area contributed by atoms with E-state index in [-0.39, 0.29) is 18.4 Å². The molecule has 0 radical (unpaired) electrons. The van der Waals surface area contributed by atoms with Crippen molar-refractivity contribution in [3.63, 3.8) is 0 Å². The number of amides is 2. The Kier molecular flexibility index (Phi) is 8.44. The number of hydrogen-bond donors (Lipinski definition) is 0. The second-order valence-electron chi connectivity index (χ2n) is 9.53. The van der Waals surface area contributed by atoms with E-state index in [1.54, 1.807) is 4.90 Å². The lowest BCUT2D eigenvalue weighted by atomic mass is 9.90. The van der Waals surface area contributed by atoms with Crippen LogP contribution in [0.25, 0.3) is 0 Å². The van der Waals surface area contributed by atoms with Gasteiger partial charge < -0.3 is 19.3 Å². The number of carbonyl (C=O) groups is 2. The summed E-state index contributed by atoms with van der Waals surface area (Å²) in [4.78, 5) is 36.3. The van der Waals surface area contributed by atoms with E-state index >= 15 is 0 Å². The van der Waals surface area contributed by atoms with Gasteiger partial charge in [0.2, 0.25) is 0 Å². The van der Waals surface area contributed by atoms with Gasteiger partial charge in [0, 0.05) is 13.1 Å². The van der Waals surface area contributed by atoms with Crippen LogP contribution >= 0.6 is 11.3 Å². The van der Waals surface area contributed by atoms with Gasteiger partial charge in [0.15, 0.2) is 5.60 Å². The highest BCUT2D eigenvalue weighted by Crippen LogP contribution is 2.31. The molecule has 7 nitrogen and oxygen atoms in total. The number of morpholine rings is 1. The maximum absolute atomic E-state index is 14.1. The van der Waals surface area contributed by atoms with Crippen LogP contribution in [0.4, 0.5) is 0 Å². The molecule has 1 spiro atoms. The van der Waals surface area contributed by atoms with Crippen molar-refractivity contribution in [2.45, 2.75) is 64.9 Å². The number of fused-ring (bicyclic) bond motifs is 1. The highest BCUT2D eigenvalue weighted by molar-refractivity contribution is 7.13. The summed E-state index contributed by atoms with van der Waals surface area (Å²) in [5, 5.41) is 0.877. The molecule has 1 aromatic carbocycles. The standard InChI is InChI=1S/C27H37N3O4S/c1-4-5-14-29-15-17-33-23-12-7-6-10-22(23)11-8-9-13-27(26(29)32)19-30(16-18-34-27)25(31)24-20(2)28-21(3)35-24/h6-7,10,12H,4-5,8-9,11,13-19H2,1-3H3. The molecule has 1 aromatic heterocycles. The van der Waals surface area contributed by atoms with Crippen LogP contribution in [0.5, 0.6) is 5.75 Å². The van der Waals surface area contributed by atoms with Gasteiger partial charge in [-0.25, -0.2) is 4.98 Å². The van der Waals surface area contributed by atoms with Crippen LogP contribution in [0, 0.1) is 13.8 Å². The monoisotopic (exact) mass is 499 g/mol. The number of unbranched alkanes of at least 4 members (excludes halogenated alkanes) is 1. The molecule has 0 aliphatic carbocycles. The van der Waals surface area contributed by atoms with E-state index in [9.17, 15) is 9.59 Å². The molecule has 0 N–H and O–H groups in total. The van der Waals surface area contributed by atoms with E-state index < -0.39 is 5.60 Å². The van der Waals surface area contributed by atoms with Gasteiger partial charge >= 0.3 is 0 Å². The van der Waals surface area contributed by atoms with E-state index in [4.69, 9.17) is 9.47 Å². The van der Waals surface area contributed by atoms with Crippen molar-refractivity contribution < 1.29 is 19.1 Å². The van der Waals surface area contributed by atoms with Gasteiger partial charge in [0.25, 0.3) is 11.8 Å². The second-order valence-corrected chi connectivity index (χ2v) is 10.7. The molecular weight excluding hydrogens is 462 g/mol. The van der Waals surface area contributed by atoms with Crippen LogP contribution in [0.2, 0.25) is 0 Å². The number of benzene rings is 1. The van der Waals surface area contributed by atoms with Crippen molar-refractivity contribution in [2.24, 2.45) is 0 Å². The Morgan fingerprint density at radius 1 is 1.17 bits per heavy atom. The van der Waals surface area contributed by atoms with E-state index in [1.807, 2.05) is 36.9 Å². The Morgan fingerprint density at radius 3 is 2.77 bits per heavy atom. The number of aryl methyl sites for hydroxylation is 3. The van der Waals surface area contributed by atoms with Crippen LogP contribution < -0.4 is 4.74 Å². The number of rotatable bonds is 4. The summed E-state index contributed by atoms with van der Waals surface area (Å²) in [7, 11) is 0. The predicted molar refractivity (Wildman–Crippen MR) is 137 cm³/mol. The van der Waals surface area contributed by atoms with Crippen molar-refractivity contribution in [3.8, 4) is 5.75 Å². The summed E-state index contributed by atoms with van der Waals surface area (Å²) in [6.07, 6.45) is 5.16. The van der Waals surface area contributed by atoms with Gasteiger partial charge in [0.05, 0.1) is 30.4 Å². The minimum Gasteiger partial charge on any atom is -0.491 e. The number of para-hydroxylation sites is 1. The van der Waals surface area contributed by atoms with Crippen LogP contribution in [-0.4, -0.2) is 71.6 Å². The number of carbonyl (C=O) groups excluding carboxylic acids is 2. The number of hydrogen-bond acceptors (Lipinski definition) is 6. The molecule has 8 heteroatoms. The quantitative estimate of drug-likeness (QED) is 0.623. The Hall–Kier alpha value is -2.45. The average molecular weight is 500 g/mol. The lowest BCUT2D eigenvalue weighted by Gasteiger charge is -2.44. The molecule has 3 heterocycles. The van der Waals surface area contributed by atoms with Gasteiger partial charge in [-0.15, -0.1) is 11.3 Å². The summed E-state index contributed by atoms with van der Waals surface area (Å²) in [6.45, 7) is 8.62. The normalized spacial score (nSPS) is 21.7. The molecule has 35 heavy (non-hydrogen) atoms. The predicted octanol–water partition coefficient (Wildman–Crippen LogP) is 4.41. The zero-order valence-corrected chi connectivity index (χ0v) is 22.0. The fourth-order valence-electron chi connectivity index (χ4n) is 5.01. The number of aromatic nitrogens is 1. The molecule has 1 fully saturated rings. The highest BCUT2D eigenvalue weighted by atomic mass is 32.1. The minimum atomic E-state index is -1.02. The fourth-order valence-corrected chi connectivity index (χ4v) is 5.90. The van der Waals surface area contributed by atoms with Crippen molar-refractivity contribution in [2.75, 3.05) is 39.4 Å². The number of nitrogens with zero attached hydrogens (tertiary/aromatic N) is 3. The van der Waals surface area contributed by atoms with Crippen molar-refractivity contribution in [1.82, 2.24) is 14.8 Å². The third kappa shape index (κ3) is 5.86. The Balaban J connectivity index is 1.59. The molecule has 190 valence electrons. The van der Waals surface area contributed by atoms with Crippen LogP contribution in [-0.2, 0) is 16.0 Å². The molecular formula is C27H37N3O4S. The summed E-state index contributed by atoms with van der Waals surface area (Å²) >= 11 is 1.42. The van der Waals surface area contributed by atoms with Gasteiger partial charge in [-0.1, -0.05) is 31.5 Å². The van der Waals surface area contributed by atoms with Gasteiger partial charge in [-0.2, -0.15) is 0 Å². The molecule has 2 aliphatic rings. The first-order chi connectivity index (χ1) is 16.9. The van der Waals surface area contributed by atoms with Crippen LogP contribution in [0.3, 0.4) is 0 Å². The SMILES string of the molecule is CCCCN1CCOc2ccccc2CCCCC2(CN(C(=O)c3sc(C)nc3C)CCO2)C1=O. The van der Waals surface area contributed by atoms with E-state index in [0.717, 1.165) is 48.6 Å². The Bertz CT molecular complexity index is 1040. The molecule has 1 saturated heterocycles. The van der Waals surface area contributed by atoms with E-state index in [2.05, 4.69) is 18.0 Å². The first-order valence-electron chi connectivity index (χ1n) is 12.8. The molecule has 2 amide bonds. The van der Waals surface area contributed by atoms with Gasteiger partial charge in [-0.05, 0) is 57.6 Å². The van der Waals surface area contributed by atoms with Crippen molar-refractivity contribution in [1.29, 1.82) is 0 Å². The molecule has 0 bridgehead atoms. The third-order valence-electron chi connectivity index (χ3n) is 6.90. The van der Waals surface area contributed by atoms with Gasteiger partial charge in [-0.3, -0.25) is 9.59 Å². The topological polar surface area (TPSA) is 72.0 Å². The summed E-state index contributed by atoms with van der Waals surface area (Å²) < 4.78 is 12.4. The molecule has 1 atom stereocenters. The minimum absolute atomic E-state index is 0.0156. The smallest absolute Gasteiger partial charge is 0.266 e. The van der Waals surface area contributed by atoms with Gasteiger partial charge in [0.1, 0.15) is 17.2 Å². The van der Waals surface area contributed by atoms with Crippen molar-refractivity contribution >= 4 is 23.2 Å². The summed E-state index contributed by atoms with van der Waals surface area (Å²) in [5.74, 6) is 0.844. The maximum Gasteiger partial charge on any atom is 0.266 e. The maximum atomic E-state index is 14.1. The zero-order valence-electron chi connectivity index (χ0n) is 21.2. The highest BCUT2D eigenvalue weighted by Gasteiger charge is 2.47. The third-order valence-corrected chi connectivity index (χ3v) is 7.96. The summed E-state index contributed by atoms with van der Waals surface area (Å²) in [6, 6.07) is 8.17. The van der Waals surface area contributed by atoms with Crippen LogP contribution in [0.1, 0.15) is 65.0 Å². The fraction of sp³-hybridized carbons (Fsp3) is 0.593. The van der Waals surface area contributed by atoms with Crippen molar-refractivity contribution in [3.05, 3.63) is 45.4 Å². The largest absolute Gasteiger partial charge is 0.491 e. The molecule has 0 saturated carbocycles. The first kappa shape index (κ1) is 25.6. The lowest BCUT2D eigenvalue weighted by Crippen LogP contribution is -2.62. The second kappa shape index (κ2) is 11.5. The molecule has 2 aliphatic heterocycles. The summed E-state index contributed by atoms with van der Waals surface area (Å²) in [5.41, 5.74) is 0.933. The van der Waals surface area contributed by atoms with E-state index in [0.29, 0.717) is 44.1 Å².